The van der Waals surface area contributed by atoms with Gasteiger partial charge >= 0.3 is 0 Å². The largest absolute Gasteiger partial charge is 0.355 e. The van der Waals surface area contributed by atoms with Gasteiger partial charge in [0.05, 0.1) is 0 Å². The fraction of sp³-hybridized carbons (Fsp3) is 0.364. The van der Waals surface area contributed by atoms with E-state index >= 15 is 0 Å². The molecule has 1 amide bonds. The van der Waals surface area contributed by atoms with E-state index in [1.54, 1.807) is 7.05 Å². The Kier molecular flexibility index (Phi) is 6.60. The molecule has 0 aliphatic rings. The van der Waals surface area contributed by atoms with E-state index < -0.39 is 0 Å². The minimum Gasteiger partial charge on any atom is -0.355 e. The smallest absolute Gasteiger partial charge is 0.250 e. The minimum absolute atomic E-state index is 0.0393. The number of rotatable bonds is 4. The Balaban J connectivity index is 4.44. The van der Waals surface area contributed by atoms with Crippen LogP contribution in [0.25, 0.3) is 0 Å². The minimum atomic E-state index is -0.0393. The van der Waals surface area contributed by atoms with Gasteiger partial charge < -0.3 is 5.32 Å². The Bertz CT molecular complexity index is 236. The molecule has 0 saturated heterocycles. The summed E-state index contributed by atoms with van der Waals surface area (Å²) in [7, 11) is 1.63. The molecule has 13 heavy (non-hydrogen) atoms. The molecule has 0 rings (SSSR count). The van der Waals surface area contributed by atoms with E-state index in [4.69, 9.17) is 0 Å². The molecule has 0 aliphatic carbocycles. The molecule has 0 aromatic carbocycles. The summed E-state index contributed by atoms with van der Waals surface area (Å²) in [6, 6.07) is 0. The molecule has 0 saturated carbocycles. The molecule has 2 nitrogen and oxygen atoms in total. The highest BCUT2D eigenvalue weighted by Crippen LogP contribution is 1.99. The van der Waals surface area contributed by atoms with E-state index in [0.29, 0.717) is 5.57 Å². The van der Waals surface area contributed by atoms with Crippen molar-refractivity contribution < 1.29 is 4.79 Å². The van der Waals surface area contributed by atoms with Gasteiger partial charge in [-0.05, 0) is 19.4 Å². The molecule has 0 atom stereocenters. The molecular formula is C11H17NO. The lowest BCUT2D eigenvalue weighted by Crippen LogP contribution is -2.18. The molecule has 72 valence electrons. The van der Waals surface area contributed by atoms with Gasteiger partial charge in [0.2, 0.25) is 0 Å². The Hall–Kier alpha value is -1.31. The SMILES string of the molecule is C\C=C/C=C\C(=C/CC)C(=O)NC. The maximum Gasteiger partial charge on any atom is 0.250 e. The Morgan fingerprint density at radius 2 is 2.08 bits per heavy atom. The number of carbonyl (C=O) groups is 1. The maximum absolute atomic E-state index is 11.2. The quantitative estimate of drug-likeness (QED) is 0.520. The number of nitrogens with one attached hydrogen (secondary N) is 1. The number of allylic oxidation sites excluding steroid dienone is 4. The van der Waals surface area contributed by atoms with Crippen LogP contribution in [-0.2, 0) is 4.79 Å². The van der Waals surface area contributed by atoms with Crippen LogP contribution in [0.2, 0.25) is 0 Å². The molecule has 0 unspecified atom stereocenters. The average Bonchev–Trinajstić information content (AvgIpc) is 2.16. The van der Waals surface area contributed by atoms with Crippen LogP contribution < -0.4 is 5.32 Å². The zero-order valence-electron chi connectivity index (χ0n) is 8.50. The van der Waals surface area contributed by atoms with Crippen LogP contribution >= 0.6 is 0 Å². The molecule has 0 aromatic rings. The summed E-state index contributed by atoms with van der Waals surface area (Å²) >= 11 is 0. The summed E-state index contributed by atoms with van der Waals surface area (Å²) in [5, 5.41) is 2.59. The van der Waals surface area contributed by atoms with Crippen LogP contribution in [0.3, 0.4) is 0 Å². The summed E-state index contributed by atoms with van der Waals surface area (Å²) in [5.41, 5.74) is 0.711. The molecule has 0 aliphatic heterocycles. The number of hydrogen-bond acceptors (Lipinski definition) is 1. The van der Waals surface area contributed by atoms with Gasteiger partial charge in [0, 0.05) is 12.6 Å². The topological polar surface area (TPSA) is 29.1 Å². The maximum atomic E-state index is 11.2. The summed E-state index contributed by atoms with van der Waals surface area (Å²) in [5.74, 6) is -0.0393. The van der Waals surface area contributed by atoms with Gasteiger partial charge in [0.1, 0.15) is 0 Å². The van der Waals surface area contributed by atoms with Gasteiger partial charge in [0.15, 0.2) is 0 Å². The van der Waals surface area contributed by atoms with Crippen molar-refractivity contribution in [2.45, 2.75) is 20.3 Å². The van der Waals surface area contributed by atoms with Gasteiger partial charge in [-0.15, -0.1) is 0 Å². The van der Waals surface area contributed by atoms with Crippen LogP contribution in [0.4, 0.5) is 0 Å². The van der Waals surface area contributed by atoms with Crippen LogP contribution in [-0.4, -0.2) is 13.0 Å². The molecule has 0 fully saturated rings. The first-order valence-electron chi connectivity index (χ1n) is 4.47. The normalized spacial score (nSPS) is 12.7. The average molecular weight is 179 g/mol. The molecule has 0 spiro atoms. The lowest BCUT2D eigenvalue weighted by molar-refractivity contribution is -0.116. The van der Waals surface area contributed by atoms with Crippen molar-refractivity contribution in [3.05, 3.63) is 36.0 Å². The van der Waals surface area contributed by atoms with E-state index in [2.05, 4.69) is 5.32 Å². The van der Waals surface area contributed by atoms with Gasteiger partial charge in [-0.2, -0.15) is 0 Å². The highest BCUT2D eigenvalue weighted by atomic mass is 16.1. The Morgan fingerprint density at radius 1 is 1.38 bits per heavy atom. The van der Waals surface area contributed by atoms with Crippen molar-refractivity contribution in [1.29, 1.82) is 0 Å². The van der Waals surface area contributed by atoms with Crippen LogP contribution in [0.15, 0.2) is 36.0 Å². The highest BCUT2D eigenvalue weighted by molar-refractivity contribution is 5.95. The van der Waals surface area contributed by atoms with Gasteiger partial charge in [-0.1, -0.05) is 31.2 Å². The summed E-state index contributed by atoms with van der Waals surface area (Å²) in [4.78, 5) is 11.2. The van der Waals surface area contributed by atoms with Gasteiger partial charge in [0.25, 0.3) is 5.91 Å². The van der Waals surface area contributed by atoms with Crippen molar-refractivity contribution in [2.75, 3.05) is 7.05 Å². The molecule has 2 heteroatoms. The number of hydrogen-bond donors (Lipinski definition) is 1. The van der Waals surface area contributed by atoms with E-state index in [1.807, 2.05) is 44.2 Å². The van der Waals surface area contributed by atoms with Crippen molar-refractivity contribution in [3.8, 4) is 0 Å². The van der Waals surface area contributed by atoms with E-state index in [-0.39, 0.29) is 5.91 Å². The lowest BCUT2D eigenvalue weighted by atomic mass is 10.2. The van der Waals surface area contributed by atoms with Gasteiger partial charge in [-0.25, -0.2) is 0 Å². The highest BCUT2D eigenvalue weighted by Gasteiger charge is 2.00. The first kappa shape index (κ1) is 11.7. The first-order chi connectivity index (χ1) is 6.26. The third-order valence-electron chi connectivity index (χ3n) is 1.49. The van der Waals surface area contributed by atoms with E-state index in [1.165, 1.54) is 0 Å². The second-order valence-corrected chi connectivity index (χ2v) is 2.53. The summed E-state index contributed by atoms with van der Waals surface area (Å²) in [6.45, 7) is 3.94. The van der Waals surface area contributed by atoms with Crippen molar-refractivity contribution in [1.82, 2.24) is 5.32 Å². The number of amides is 1. The number of carbonyl (C=O) groups excluding carboxylic acids is 1. The van der Waals surface area contributed by atoms with E-state index in [0.717, 1.165) is 6.42 Å². The predicted octanol–water partition coefficient (Wildman–Crippen LogP) is 2.20. The first-order valence-corrected chi connectivity index (χ1v) is 4.47. The molecule has 0 radical (unpaired) electrons. The third-order valence-corrected chi connectivity index (χ3v) is 1.49. The molecular weight excluding hydrogens is 162 g/mol. The molecule has 0 aromatic heterocycles. The fourth-order valence-corrected chi connectivity index (χ4v) is 0.871. The predicted molar refractivity (Wildman–Crippen MR) is 56.4 cm³/mol. The molecule has 0 heterocycles. The number of likely N-dealkylation sites (N-methyl/N-ethyl adjacent to an activating group) is 1. The lowest BCUT2D eigenvalue weighted by Gasteiger charge is -1.98. The molecule has 1 N–H and O–H groups in total. The second kappa shape index (κ2) is 7.35. The van der Waals surface area contributed by atoms with E-state index in [9.17, 15) is 4.79 Å². The third kappa shape index (κ3) is 5.01. The van der Waals surface area contributed by atoms with Crippen LogP contribution in [0.5, 0.6) is 0 Å². The van der Waals surface area contributed by atoms with Crippen molar-refractivity contribution in [2.24, 2.45) is 0 Å². The molecule has 0 bridgehead atoms. The standard InChI is InChI=1S/C11H17NO/c1-4-6-7-9-10(8-5-2)11(13)12-3/h4,6-9H,5H2,1-3H3,(H,12,13)/b6-4-,9-7-,10-8+. The Morgan fingerprint density at radius 3 is 2.54 bits per heavy atom. The summed E-state index contributed by atoms with van der Waals surface area (Å²) < 4.78 is 0. The Labute approximate surface area is 80.0 Å². The zero-order chi connectivity index (χ0) is 10.1. The van der Waals surface area contributed by atoms with Crippen LogP contribution in [0.1, 0.15) is 20.3 Å². The second-order valence-electron chi connectivity index (χ2n) is 2.53. The van der Waals surface area contributed by atoms with Crippen molar-refractivity contribution >= 4 is 5.91 Å². The zero-order valence-corrected chi connectivity index (χ0v) is 8.50. The fourth-order valence-electron chi connectivity index (χ4n) is 0.871. The van der Waals surface area contributed by atoms with Crippen LogP contribution in [0, 0.1) is 0 Å². The van der Waals surface area contributed by atoms with Crippen molar-refractivity contribution in [3.63, 3.8) is 0 Å². The monoisotopic (exact) mass is 179 g/mol. The summed E-state index contributed by atoms with van der Waals surface area (Å²) in [6.07, 6.45) is 10.2. The van der Waals surface area contributed by atoms with Gasteiger partial charge in [-0.3, -0.25) is 4.79 Å².